The van der Waals surface area contributed by atoms with Crippen LogP contribution in [0.5, 0.6) is 0 Å². The smallest absolute Gasteiger partial charge is 0.282 e. The number of nitrogens with one attached hydrogen (secondary N) is 2. The Kier molecular flexibility index (Phi) is 6.54. The molecule has 2 aromatic rings. The van der Waals surface area contributed by atoms with Crippen LogP contribution in [0.2, 0.25) is 0 Å². The summed E-state index contributed by atoms with van der Waals surface area (Å²) < 4.78 is 27.2. The van der Waals surface area contributed by atoms with Gasteiger partial charge >= 0.3 is 0 Å². The number of anilines is 1. The van der Waals surface area contributed by atoms with Crippen molar-refractivity contribution < 1.29 is 18.1 Å². The van der Waals surface area contributed by atoms with E-state index in [4.69, 9.17) is 0 Å². The Bertz CT molecular complexity index is 885. The number of carbonyl (C=O) groups is 1. The van der Waals surface area contributed by atoms with Gasteiger partial charge in [0.15, 0.2) is 6.04 Å². The number of hydrogen-bond donors (Lipinski definition) is 2. The molecule has 1 aliphatic heterocycles. The highest BCUT2D eigenvalue weighted by molar-refractivity contribution is 7.91. The third-order valence-corrected chi connectivity index (χ3v) is 8.58. The fraction of sp³-hybridized carbons (Fsp3) is 0.450. The van der Waals surface area contributed by atoms with Crippen LogP contribution >= 0.6 is 11.3 Å². The van der Waals surface area contributed by atoms with Gasteiger partial charge in [-0.1, -0.05) is 32.0 Å². The van der Waals surface area contributed by atoms with Gasteiger partial charge in [0.05, 0.1) is 26.2 Å². The number of carbonyl (C=O) groups excluding carboxylic acids is 1. The minimum atomic E-state index is -3.41. The van der Waals surface area contributed by atoms with Crippen molar-refractivity contribution in [2.24, 2.45) is 0 Å². The van der Waals surface area contributed by atoms with E-state index in [2.05, 4.69) is 19.2 Å². The molecule has 0 bridgehead atoms. The second kappa shape index (κ2) is 8.73. The van der Waals surface area contributed by atoms with Crippen LogP contribution in [-0.2, 0) is 14.8 Å². The molecule has 1 aliphatic rings. The van der Waals surface area contributed by atoms with Crippen LogP contribution in [0.1, 0.15) is 32.3 Å². The normalized spacial score (nSPS) is 17.6. The lowest BCUT2D eigenvalue weighted by atomic mass is 10.0. The summed E-state index contributed by atoms with van der Waals surface area (Å²) in [6.07, 6.45) is 0. The maximum atomic E-state index is 12.6. The van der Waals surface area contributed by atoms with Crippen molar-refractivity contribution in [2.45, 2.75) is 36.9 Å². The van der Waals surface area contributed by atoms with Crippen molar-refractivity contribution in [3.8, 4) is 0 Å². The first-order chi connectivity index (χ1) is 13.3. The average molecular weight is 423 g/mol. The standard InChI is InChI=1S/C20H27N3O3S2/c1-15(2)17-6-8-18(9-7-17)21-20(24)16(3)22-10-12-23(13-11-22)28(25,26)19-5-4-14-27-19/h4-9,14-16H,10-13H2,1-3H3,(H,21,24)/p+1/t16-/m0/s1. The third-order valence-electron chi connectivity index (χ3n) is 5.30. The Morgan fingerprint density at radius 1 is 1.11 bits per heavy atom. The van der Waals surface area contributed by atoms with Crippen LogP contribution in [0, 0.1) is 0 Å². The molecular weight excluding hydrogens is 394 g/mol. The fourth-order valence-corrected chi connectivity index (χ4v) is 5.96. The molecule has 8 heteroatoms. The molecule has 0 spiro atoms. The molecular formula is C20H28N3O3S2+. The first-order valence-corrected chi connectivity index (χ1v) is 11.9. The zero-order chi connectivity index (χ0) is 20.3. The lowest BCUT2D eigenvalue weighted by molar-refractivity contribution is -0.917. The molecule has 1 fully saturated rings. The van der Waals surface area contributed by atoms with Gasteiger partial charge in [-0.25, -0.2) is 8.42 Å². The summed E-state index contributed by atoms with van der Waals surface area (Å²) in [5, 5.41) is 4.75. The Morgan fingerprint density at radius 3 is 2.29 bits per heavy atom. The molecule has 1 atom stereocenters. The quantitative estimate of drug-likeness (QED) is 0.746. The first kappa shape index (κ1) is 21.0. The Morgan fingerprint density at radius 2 is 1.75 bits per heavy atom. The fourth-order valence-electron chi connectivity index (χ4n) is 3.37. The van der Waals surface area contributed by atoms with Gasteiger partial charge in [0.25, 0.3) is 15.9 Å². The summed E-state index contributed by atoms with van der Waals surface area (Å²) in [4.78, 5) is 13.7. The second-order valence-corrected chi connectivity index (χ2v) is 10.6. The molecule has 152 valence electrons. The predicted octanol–water partition coefficient (Wildman–Crippen LogP) is 1.79. The molecule has 1 amide bonds. The molecule has 0 unspecified atom stereocenters. The van der Waals surface area contributed by atoms with Gasteiger partial charge in [0.2, 0.25) is 0 Å². The van der Waals surface area contributed by atoms with Gasteiger partial charge < -0.3 is 10.2 Å². The molecule has 6 nitrogen and oxygen atoms in total. The van der Waals surface area contributed by atoms with Gasteiger partial charge in [-0.15, -0.1) is 11.3 Å². The van der Waals surface area contributed by atoms with Crippen LogP contribution in [-0.4, -0.2) is 50.9 Å². The minimum Gasteiger partial charge on any atom is -0.323 e. The highest BCUT2D eigenvalue weighted by atomic mass is 32.2. The van der Waals surface area contributed by atoms with E-state index < -0.39 is 10.0 Å². The number of sulfonamides is 1. The molecule has 1 saturated heterocycles. The SMILES string of the molecule is CC(C)c1ccc(NC(=O)[C@H](C)[NH+]2CCN(S(=O)(=O)c3cccs3)CC2)cc1. The van der Waals surface area contributed by atoms with Gasteiger partial charge in [0, 0.05) is 5.69 Å². The largest absolute Gasteiger partial charge is 0.323 e. The summed E-state index contributed by atoms with van der Waals surface area (Å²) in [5.74, 6) is 0.414. The summed E-state index contributed by atoms with van der Waals surface area (Å²) in [7, 11) is -3.41. The molecule has 28 heavy (non-hydrogen) atoms. The lowest BCUT2D eigenvalue weighted by Crippen LogP contribution is -3.19. The Labute approximate surface area is 171 Å². The molecule has 0 aliphatic carbocycles. The van der Waals surface area contributed by atoms with Crippen molar-refractivity contribution in [3.05, 3.63) is 47.3 Å². The first-order valence-electron chi connectivity index (χ1n) is 9.58. The number of benzene rings is 1. The Hall–Kier alpha value is -1.74. The van der Waals surface area contributed by atoms with Crippen molar-refractivity contribution in [1.82, 2.24) is 4.31 Å². The lowest BCUT2D eigenvalue weighted by Gasteiger charge is -2.33. The predicted molar refractivity (Wildman–Crippen MR) is 112 cm³/mol. The zero-order valence-electron chi connectivity index (χ0n) is 16.5. The monoisotopic (exact) mass is 422 g/mol. The topological polar surface area (TPSA) is 70.9 Å². The number of amides is 1. The maximum absolute atomic E-state index is 12.6. The summed E-state index contributed by atoms with van der Waals surface area (Å²) in [6.45, 7) is 8.26. The molecule has 1 aromatic heterocycles. The summed E-state index contributed by atoms with van der Waals surface area (Å²) in [5.41, 5.74) is 2.03. The van der Waals surface area contributed by atoms with Crippen LogP contribution in [0.4, 0.5) is 5.69 Å². The molecule has 0 radical (unpaired) electrons. The average Bonchev–Trinajstić information content (AvgIpc) is 3.23. The van der Waals surface area contributed by atoms with E-state index in [1.165, 1.54) is 21.2 Å². The number of rotatable bonds is 6. The van der Waals surface area contributed by atoms with E-state index in [1.807, 2.05) is 31.2 Å². The van der Waals surface area contributed by atoms with Crippen LogP contribution in [0.25, 0.3) is 0 Å². The van der Waals surface area contributed by atoms with Crippen molar-refractivity contribution in [1.29, 1.82) is 0 Å². The van der Waals surface area contributed by atoms with Crippen LogP contribution in [0.15, 0.2) is 46.0 Å². The summed E-state index contributed by atoms with van der Waals surface area (Å²) >= 11 is 1.24. The third kappa shape index (κ3) is 4.63. The Balaban J connectivity index is 1.56. The van der Waals surface area contributed by atoms with Crippen LogP contribution < -0.4 is 10.2 Å². The zero-order valence-corrected chi connectivity index (χ0v) is 18.1. The van der Waals surface area contributed by atoms with E-state index in [0.29, 0.717) is 36.3 Å². The molecule has 1 aromatic carbocycles. The number of nitrogens with zero attached hydrogens (tertiary/aromatic N) is 1. The second-order valence-electron chi connectivity index (χ2n) is 7.48. The van der Waals surface area contributed by atoms with Gasteiger partial charge in [-0.3, -0.25) is 4.79 Å². The number of piperazine rings is 1. The highest BCUT2D eigenvalue weighted by Crippen LogP contribution is 2.21. The molecule has 2 N–H and O–H groups in total. The van der Waals surface area contributed by atoms with Crippen LogP contribution in [0.3, 0.4) is 0 Å². The molecule has 3 rings (SSSR count). The van der Waals surface area contributed by atoms with Crippen molar-refractivity contribution in [3.63, 3.8) is 0 Å². The van der Waals surface area contributed by atoms with E-state index in [1.54, 1.807) is 17.5 Å². The van der Waals surface area contributed by atoms with Crippen molar-refractivity contribution in [2.75, 3.05) is 31.5 Å². The van der Waals surface area contributed by atoms with Crippen molar-refractivity contribution >= 4 is 33.0 Å². The number of quaternary nitrogens is 1. The molecule has 0 saturated carbocycles. The van der Waals surface area contributed by atoms with E-state index in [-0.39, 0.29) is 11.9 Å². The van der Waals surface area contributed by atoms with E-state index in [0.717, 1.165) is 10.6 Å². The minimum absolute atomic E-state index is 0.0399. The van der Waals surface area contributed by atoms with Gasteiger partial charge in [0.1, 0.15) is 4.21 Å². The molecule has 2 heterocycles. The highest BCUT2D eigenvalue weighted by Gasteiger charge is 2.34. The van der Waals surface area contributed by atoms with Gasteiger partial charge in [-0.2, -0.15) is 4.31 Å². The summed E-state index contributed by atoms with van der Waals surface area (Å²) in [6, 6.07) is 11.1. The number of thiophene rings is 1. The van der Waals surface area contributed by atoms with E-state index in [9.17, 15) is 13.2 Å². The van der Waals surface area contributed by atoms with Gasteiger partial charge in [-0.05, 0) is 42.0 Å². The van der Waals surface area contributed by atoms with E-state index >= 15 is 0 Å². The number of hydrogen-bond acceptors (Lipinski definition) is 4. The maximum Gasteiger partial charge on any atom is 0.282 e.